The molecule has 0 amide bonds. The highest BCUT2D eigenvalue weighted by Crippen LogP contribution is 2.36. The molecule has 2 aromatic heterocycles. The van der Waals surface area contributed by atoms with Crippen molar-refractivity contribution < 1.29 is 0 Å². The third-order valence-corrected chi connectivity index (χ3v) is 3.90. The molecular weight excluding hydrogens is 266 g/mol. The number of nitrogens with zero attached hydrogens (tertiary/aromatic N) is 1. The Kier molecular flexibility index (Phi) is 2.54. The second-order valence-corrected chi connectivity index (χ2v) is 5.29. The van der Waals surface area contributed by atoms with Crippen molar-refractivity contribution in [3.63, 3.8) is 0 Å². The predicted molar refractivity (Wildman–Crippen MR) is 85.3 cm³/mol. The Bertz CT molecular complexity index is 907. The van der Waals surface area contributed by atoms with Crippen molar-refractivity contribution in [2.45, 2.75) is 0 Å². The van der Waals surface area contributed by atoms with Gasteiger partial charge in [0.1, 0.15) is 0 Å². The molecule has 0 radical (unpaired) electrons. The second-order valence-electron chi connectivity index (χ2n) is 4.86. The normalized spacial score (nSPS) is 11.2. The lowest BCUT2D eigenvalue weighted by Gasteiger charge is -2.00. The van der Waals surface area contributed by atoms with Crippen molar-refractivity contribution in [3.05, 3.63) is 77.9 Å². The van der Waals surface area contributed by atoms with Crippen LogP contribution in [0.2, 0.25) is 5.02 Å². The fourth-order valence-corrected chi connectivity index (χ4v) is 2.98. The summed E-state index contributed by atoms with van der Waals surface area (Å²) in [6.07, 6.45) is 2.08. The van der Waals surface area contributed by atoms with Crippen molar-refractivity contribution in [1.29, 1.82) is 0 Å². The van der Waals surface area contributed by atoms with Crippen LogP contribution >= 0.6 is 11.6 Å². The molecule has 96 valence electrons. The van der Waals surface area contributed by atoms with Crippen LogP contribution in [0.15, 0.2) is 72.9 Å². The van der Waals surface area contributed by atoms with Crippen molar-refractivity contribution in [2.75, 3.05) is 0 Å². The molecule has 0 unspecified atom stereocenters. The van der Waals surface area contributed by atoms with Gasteiger partial charge in [-0.2, -0.15) is 0 Å². The molecule has 1 nitrogen and oxygen atoms in total. The highest BCUT2D eigenvalue weighted by atomic mass is 35.5. The molecule has 0 spiro atoms. The number of hydrogen-bond donors (Lipinski definition) is 0. The van der Waals surface area contributed by atoms with Gasteiger partial charge in [-0.1, -0.05) is 54.1 Å². The quantitative estimate of drug-likeness (QED) is 0.438. The van der Waals surface area contributed by atoms with Gasteiger partial charge in [-0.3, -0.25) is 0 Å². The molecule has 0 aliphatic heterocycles. The minimum atomic E-state index is 0.764. The number of aromatic nitrogens is 1. The Morgan fingerprint density at radius 3 is 2.40 bits per heavy atom. The standard InChI is InChI=1S/C18H12ClN/c19-14-9-10-15-17(12-14)20-11-5-4-8-16(20)18(15)13-6-2-1-3-7-13/h1-12H. The Morgan fingerprint density at radius 1 is 0.750 bits per heavy atom. The van der Waals surface area contributed by atoms with Crippen LogP contribution in [0, 0.1) is 0 Å². The van der Waals surface area contributed by atoms with E-state index in [4.69, 9.17) is 11.6 Å². The maximum atomic E-state index is 6.16. The minimum absolute atomic E-state index is 0.764. The maximum absolute atomic E-state index is 6.16. The molecule has 0 saturated heterocycles. The molecular formula is C18H12ClN. The smallest absolute Gasteiger partial charge is 0.0549 e. The summed E-state index contributed by atoms with van der Waals surface area (Å²) in [5.41, 5.74) is 4.84. The Hall–Kier alpha value is -2.25. The number of fused-ring (bicyclic) bond motifs is 3. The van der Waals surface area contributed by atoms with Gasteiger partial charge in [-0.25, -0.2) is 0 Å². The van der Waals surface area contributed by atoms with Crippen LogP contribution in [0.3, 0.4) is 0 Å². The van der Waals surface area contributed by atoms with Crippen molar-refractivity contribution in [3.8, 4) is 11.1 Å². The van der Waals surface area contributed by atoms with Gasteiger partial charge >= 0.3 is 0 Å². The predicted octanol–water partition coefficient (Wildman–Crippen LogP) is 5.41. The molecule has 2 aromatic carbocycles. The molecule has 2 heteroatoms. The summed E-state index contributed by atoms with van der Waals surface area (Å²) < 4.78 is 2.20. The van der Waals surface area contributed by atoms with Crippen molar-refractivity contribution in [2.24, 2.45) is 0 Å². The zero-order valence-corrected chi connectivity index (χ0v) is 11.5. The third-order valence-electron chi connectivity index (χ3n) is 3.67. The number of benzene rings is 2. The summed E-state index contributed by atoms with van der Waals surface area (Å²) in [5, 5.41) is 1.99. The van der Waals surface area contributed by atoms with Crippen LogP contribution in [0.25, 0.3) is 27.5 Å². The van der Waals surface area contributed by atoms with Gasteiger partial charge in [-0.05, 0) is 29.8 Å². The van der Waals surface area contributed by atoms with Gasteiger partial charge in [0.2, 0.25) is 0 Å². The summed E-state index contributed by atoms with van der Waals surface area (Å²) in [5.74, 6) is 0. The maximum Gasteiger partial charge on any atom is 0.0549 e. The number of pyridine rings is 1. The lowest BCUT2D eigenvalue weighted by atomic mass is 10.0. The fraction of sp³-hybridized carbons (Fsp3) is 0. The Morgan fingerprint density at radius 2 is 1.55 bits per heavy atom. The van der Waals surface area contributed by atoms with E-state index in [1.54, 1.807) is 0 Å². The average Bonchev–Trinajstić information content (AvgIpc) is 2.82. The van der Waals surface area contributed by atoms with E-state index in [1.165, 1.54) is 22.0 Å². The van der Waals surface area contributed by atoms with Crippen LogP contribution in [-0.2, 0) is 0 Å². The van der Waals surface area contributed by atoms with Crippen LogP contribution in [-0.4, -0.2) is 4.40 Å². The van der Waals surface area contributed by atoms with Gasteiger partial charge in [0, 0.05) is 22.2 Å². The lowest BCUT2D eigenvalue weighted by molar-refractivity contribution is 1.25. The largest absolute Gasteiger partial charge is 0.316 e. The van der Waals surface area contributed by atoms with E-state index in [-0.39, 0.29) is 0 Å². The zero-order valence-electron chi connectivity index (χ0n) is 10.8. The first-order valence-corrected chi connectivity index (χ1v) is 6.96. The molecule has 0 N–H and O–H groups in total. The van der Waals surface area contributed by atoms with E-state index in [2.05, 4.69) is 53.1 Å². The van der Waals surface area contributed by atoms with E-state index in [1.807, 2.05) is 24.3 Å². The molecule has 0 aliphatic rings. The highest BCUT2D eigenvalue weighted by molar-refractivity contribution is 6.31. The monoisotopic (exact) mass is 277 g/mol. The van der Waals surface area contributed by atoms with Gasteiger partial charge in [0.05, 0.1) is 11.0 Å². The number of rotatable bonds is 1. The SMILES string of the molecule is Clc1ccc2c(-c3ccccc3)c3ccccn3c2c1. The summed E-state index contributed by atoms with van der Waals surface area (Å²) in [6, 6.07) is 22.8. The fourth-order valence-electron chi connectivity index (χ4n) is 2.82. The van der Waals surface area contributed by atoms with Crippen molar-refractivity contribution >= 4 is 28.0 Å². The van der Waals surface area contributed by atoms with E-state index in [0.717, 1.165) is 10.5 Å². The molecule has 20 heavy (non-hydrogen) atoms. The Balaban J connectivity index is 2.22. The molecule has 4 aromatic rings. The van der Waals surface area contributed by atoms with Gasteiger partial charge in [0.25, 0.3) is 0 Å². The first-order chi connectivity index (χ1) is 9.84. The van der Waals surface area contributed by atoms with Gasteiger partial charge < -0.3 is 4.40 Å². The van der Waals surface area contributed by atoms with E-state index >= 15 is 0 Å². The molecule has 0 fully saturated rings. The van der Waals surface area contributed by atoms with Gasteiger partial charge in [-0.15, -0.1) is 0 Å². The molecule has 2 heterocycles. The molecule has 0 saturated carbocycles. The van der Waals surface area contributed by atoms with Gasteiger partial charge in [0.15, 0.2) is 0 Å². The summed E-state index contributed by atoms with van der Waals surface area (Å²) in [4.78, 5) is 0. The lowest BCUT2D eigenvalue weighted by Crippen LogP contribution is -1.81. The zero-order chi connectivity index (χ0) is 13.5. The third kappa shape index (κ3) is 1.64. The van der Waals surface area contributed by atoms with Crippen LogP contribution < -0.4 is 0 Å². The van der Waals surface area contributed by atoms with Crippen molar-refractivity contribution in [1.82, 2.24) is 4.40 Å². The van der Waals surface area contributed by atoms with E-state index < -0.39 is 0 Å². The molecule has 0 bridgehead atoms. The molecule has 0 aliphatic carbocycles. The first kappa shape index (κ1) is 11.6. The summed E-state index contributed by atoms with van der Waals surface area (Å²) >= 11 is 6.16. The minimum Gasteiger partial charge on any atom is -0.316 e. The molecule has 4 rings (SSSR count). The highest BCUT2D eigenvalue weighted by Gasteiger charge is 2.12. The average molecular weight is 278 g/mol. The summed E-state index contributed by atoms with van der Waals surface area (Å²) in [6.45, 7) is 0. The molecule has 0 atom stereocenters. The summed E-state index contributed by atoms with van der Waals surface area (Å²) in [7, 11) is 0. The Labute approximate surface area is 122 Å². The number of hydrogen-bond acceptors (Lipinski definition) is 0. The van der Waals surface area contributed by atoms with E-state index in [0.29, 0.717) is 0 Å². The van der Waals surface area contributed by atoms with Crippen LogP contribution in [0.4, 0.5) is 0 Å². The van der Waals surface area contributed by atoms with Crippen LogP contribution in [0.1, 0.15) is 0 Å². The number of halogens is 1. The van der Waals surface area contributed by atoms with Crippen LogP contribution in [0.5, 0.6) is 0 Å². The van der Waals surface area contributed by atoms with E-state index in [9.17, 15) is 0 Å². The second kappa shape index (κ2) is 4.39. The topological polar surface area (TPSA) is 4.41 Å². The first-order valence-electron chi connectivity index (χ1n) is 6.58.